The van der Waals surface area contributed by atoms with E-state index in [2.05, 4.69) is 86.5 Å². The van der Waals surface area contributed by atoms with Crippen molar-refractivity contribution in [3.05, 3.63) is 64.6 Å². The number of hydrogen-bond acceptors (Lipinski definition) is 2. The van der Waals surface area contributed by atoms with Gasteiger partial charge in [0.05, 0.1) is 27.9 Å². The molecule has 0 radical (unpaired) electrons. The summed E-state index contributed by atoms with van der Waals surface area (Å²) in [4.78, 5) is 0. The molecule has 3 aromatic rings. The molecule has 4 heterocycles. The Labute approximate surface area is 176 Å². The number of rotatable bonds is 1. The monoisotopic (exact) mass is 394 g/mol. The van der Waals surface area contributed by atoms with E-state index in [0.717, 1.165) is 38.7 Å². The summed E-state index contributed by atoms with van der Waals surface area (Å²) in [5, 5.41) is 12.3. The highest BCUT2D eigenvalue weighted by Gasteiger charge is 2.51. The standard InChI is InChI=1S/C26H24N3O/c1-13(2)26-25-22-19(30-26)10-11-28(5)23(22)20-15(4)14(3)17(12-27)21-16-8-6-7-9-18(16)29(25)24(20)21/h6-11,13,19,22H,1-5H3/q+1. The Kier molecular flexibility index (Phi) is 3.29. The van der Waals surface area contributed by atoms with E-state index in [-0.39, 0.29) is 17.9 Å². The second kappa shape index (κ2) is 5.64. The first-order valence-electron chi connectivity index (χ1n) is 10.6. The van der Waals surface area contributed by atoms with E-state index in [1.54, 1.807) is 0 Å². The van der Waals surface area contributed by atoms with Crippen LogP contribution in [0.3, 0.4) is 0 Å². The zero-order valence-corrected chi connectivity index (χ0v) is 17.9. The summed E-state index contributed by atoms with van der Waals surface area (Å²) < 4.78 is 11.2. The van der Waals surface area contributed by atoms with Crippen LogP contribution in [0.2, 0.25) is 0 Å². The molecule has 30 heavy (non-hydrogen) atoms. The predicted octanol–water partition coefficient (Wildman–Crippen LogP) is 5.09. The zero-order valence-electron chi connectivity index (χ0n) is 17.9. The lowest BCUT2D eigenvalue weighted by molar-refractivity contribution is -0.427. The van der Waals surface area contributed by atoms with Gasteiger partial charge < -0.3 is 9.30 Å². The van der Waals surface area contributed by atoms with Gasteiger partial charge in [-0.1, -0.05) is 32.0 Å². The third-order valence-electron chi connectivity index (χ3n) is 7.12. The molecule has 0 spiro atoms. The number of ether oxygens (including phenoxy) is 1. The van der Waals surface area contributed by atoms with Crippen LogP contribution < -0.4 is 0 Å². The number of allylic oxidation sites excluding steroid dienone is 1. The molecule has 0 amide bonds. The molecule has 1 aromatic heterocycles. The van der Waals surface area contributed by atoms with E-state index in [1.807, 2.05) is 0 Å². The van der Waals surface area contributed by atoms with Crippen molar-refractivity contribution in [2.24, 2.45) is 11.8 Å². The lowest BCUT2D eigenvalue weighted by atomic mass is 9.80. The van der Waals surface area contributed by atoms with Crippen LogP contribution in [-0.4, -0.2) is 28.0 Å². The number of nitrogens with zero attached hydrogens (tertiary/aromatic N) is 3. The summed E-state index contributed by atoms with van der Waals surface area (Å²) in [6.07, 6.45) is 4.33. The van der Waals surface area contributed by atoms with Crippen molar-refractivity contribution in [1.82, 2.24) is 4.57 Å². The Morgan fingerprint density at radius 2 is 1.93 bits per heavy atom. The van der Waals surface area contributed by atoms with E-state index < -0.39 is 0 Å². The van der Waals surface area contributed by atoms with Crippen molar-refractivity contribution in [1.29, 1.82) is 5.26 Å². The number of para-hydroxylation sites is 1. The van der Waals surface area contributed by atoms with Crippen molar-refractivity contribution < 1.29 is 9.31 Å². The number of fused-ring (bicyclic) bond motifs is 5. The van der Waals surface area contributed by atoms with Gasteiger partial charge in [-0.15, -0.1) is 0 Å². The Balaban J connectivity index is 1.97. The van der Waals surface area contributed by atoms with Crippen LogP contribution in [0.4, 0.5) is 0 Å². The highest BCUT2D eigenvalue weighted by atomic mass is 16.5. The van der Waals surface area contributed by atoms with E-state index >= 15 is 0 Å². The minimum absolute atomic E-state index is 0.0170. The van der Waals surface area contributed by atoms with Crippen molar-refractivity contribution in [2.45, 2.75) is 33.8 Å². The second-order valence-electron chi connectivity index (χ2n) is 8.99. The molecule has 0 saturated heterocycles. The van der Waals surface area contributed by atoms with E-state index in [1.165, 1.54) is 22.5 Å². The molecule has 3 aliphatic heterocycles. The molecule has 4 nitrogen and oxygen atoms in total. The summed E-state index contributed by atoms with van der Waals surface area (Å²) in [5.74, 6) is 1.51. The maximum absolute atomic E-state index is 10.1. The SMILES string of the molecule is Cc1c(C)c2c3c(c1C#N)c1ccccc1n3C1=C(C(C)C)OC3C=C[N+](C)=C2C13. The maximum atomic E-state index is 10.1. The fourth-order valence-electron chi connectivity index (χ4n) is 5.72. The summed E-state index contributed by atoms with van der Waals surface area (Å²) in [5.41, 5.74) is 9.16. The molecule has 4 heteroatoms. The van der Waals surface area contributed by atoms with E-state index in [0.29, 0.717) is 0 Å². The third-order valence-corrected chi connectivity index (χ3v) is 7.12. The number of hydrogen-bond donors (Lipinski definition) is 0. The normalized spacial score (nSPS) is 21.6. The molecule has 2 unspecified atom stereocenters. The molecule has 0 fully saturated rings. The van der Waals surface area contributed by atoms with Crippen LogP contribution >= 0.6 is 0 Å². The summed E-state index contributed by atoms with van der Waals surface area (Å²) in [7, 11) is 2.13. The minimum atomic E-state index is 0.0170. The fraction of sp³-hybridized carbons (Fsp3) is 0.308. The number of benzene rings is 2. The highest BCUT2D eigenvalue weighted by Crippen LogP contribution is 2.51. The van der Waals surface area contributed by atoms with Crippen LogP contribution in [0.1, 0.15) is 36.1 Å². The summed E-state index contributed by atoms with van der Waals surface area (Å²) in [6, 6.07) is 11.0. The molecule has 3 aliphatic rings. The predicted molar refractivity (Wildman–Crippen MR) is 119 cm³/mol. The molecular weight excluding hydrogens is 370 g/mol. The molecule has 6 rings (SSSR count). The zero-order chi connectivity index (χ0) is 20.9. The van der Waals surface area contributed by atoms with Gasteiger partial charge in [-0.3, -0.25) is 0 Å². The first-order chi connectivity index (χ1) is 14.5. The Morgan fingerprint density at radius 1 is 1.17 bits per heavy atom. The highest BCUT2D eigenvalue weighted by molar-refractivity contribution is 6.25. The quantitative estimate of drug-likeness (QED) is 0.539. The summed E-state index contributed by atoms with van der Waals surface area (Å²) >= 11 is 0. The Morgan fingerprint density at radius 3 is 2.67 bits per heavy atom. The minimum Gasteiger partial charge on any atom is -0.487 e. The summed E-state index contributed by atoms with van der Waals surface area (Å²) in [6.45, 7) is 8.65. The van der Waals surface area contributed by atoms with E-state index in [9.17, 15) is 5.26 Å². The van der Waals surface area contributed by atoms with Gasteiger partial charge in [0, 0.05) is 22.8 Å². The largest absolute Gasteiger partial charge is 0.487 e. The van der Waals surface area contributed by atoms with Crippen molar-refractivity contribution in [3.63, 3.8) is 0 Å². The first-order valence-corrected chi connectivity index (χ1v) is 10.6. The van der Waals surface area contributed by atoms with Crippen molar-refractivity contribution in [3.8, 4) is 6.07 Å². The molecule has 0 aliphatic carbocycles. The molecule has 0 N–H and O–H groups in total. The average Bonchev–Trinajstić information content (AvgIpc) is 3.28. The Bertz CT molecular complexity index is 1440. The van der Waals surface area contributed by atoms with Gasteiger partial charge in [-0.2, -0.15) is 5.26 Å². The molecule has 0 bridgehead atoms. The number of aromatic nitrogens is 1. The fourth-order valence-corrected chi connectivity index (χ4v) is 5.72. The van der Waals surface area contributed by atoms with Gasteiger partial charge in [0.1, 0.15) is 30.9 Å². The van der Waals surface area contributed by atoms with Gasteiger partial charge in [-0.05, 0) is 31.0 Å². The van der Waals surface area contributed by atoms with Gasteiger partial charge in [-0.25, -0.2) is 4.58 Å². The molecule has 0 saturated carbocycles. The Hall–Kier alpha value is -3.32. The van der Waals surface area contributed by atoms with Crippen LogP contribution in [0.15, 0.2) is 42.3 Å². The molecule has 2 atom stereocenters. The van der Waals surface area contributed by atoms with Crippen LogP contribution in [-0.2, 0) is 4.74 Å². The third kappa shape index (κ3) is 1.84. The van der Waals surface area contributed by atoms with Crippen LogP contribution in [0.25, 0.3) is 27.5 Å². The van der Waals surface area contributed by atoms with E-state index in [4.69, 9.17) is 4.74 Å². The van der Waals surface area contributed by atoms with Gasteiger partial charge in [0.15, 0.2) is 6.20 Å². The first kappa shape index (κ1) is 17.5. The second-order valence-corrected chi connectivity index (χ2v) is 8.99. The topological polar surface area (TPSA) is 41.0 Å². The van der Waals surface area contributed by atoms with Gasteiger partial charge in [0.25, 0.3) is 0 Å². The average molecular weight is 394 g/mol. The lowest BCUT2D eigenvalue weighted by Gasteiger charge is -2.29. The van der Waals surface area contributed by atoms with Gasteiger partial charge in [0.2, 0.25) is 5.71 Å². The molecular formula is C26H24N3O+. The van der Waals surface area contributed by atoms with Crippen LogP contribution in [0.5, 0.6) is 0 Å². The van der Waals surface area contributed by atoms with Crippen molar-refractivity contribution >= 4 is 33.2 Å². The maximum Gasteiger partial charge on any atom is 0.204 e. The smallest absolute Gasteiger partial charge is 0.204 e. The lowest BCUT2D eigenvalue weighted by Crippen LogP contribution is -2.38. The van der Waals surface area contributed by atoms with Gasteiger partial charge >= 0.3 is 0 Å². The number of nitriles is 1. The van der Waals surface area contributed by atoms with Crippen LogP contribution in [0, 0.1) is 37.0 Å². The molecule has 148 valence electrons. The van der Waals surface area contributed by atoms with Crippen molar-refractivity contribution in [2.75, 3.05) is 7.05 Å². The molecule has 2 aromatic carbocycles.